The molecule has 1 N–H and O–H groups in total. The predicted octanol–water partition coefficient (Wildman–Crippen LogP) is 5.53. The lowest BCUT2D eigenvalue weighted by molar-refractivity contribution is -0.132. The second-order valence-electron chi connectivity index (χ2n) is 8.63. The van der Waals surface area contributed by atoms with Crippen molar-refractivity contribution in [2.45, 2.75) is 16.1 Å². The van der Waals surface area contributed by atoms with E-state index in [1.807, 2.05) is 24.3 Å². The first-order valence-corrected chi connectivity index (χ1v) is 14.3. The Bertz CT molecular complexity index is 1600. The molecule has 1 aliphatic rings. The lowest BCUT2D eigenvalue weighted by Gasteiger charge is -2.24. The van der Waals surface area contributed by atoms with E-state index in [1.54, 1.807) is 24.3 Å². The van der Waals surface area contributed by atoms with Crippen molar-refractivity contribution in [1.82, 2.24) is 15.2 Å². The molecule has 4 aromatic rings. The molecule has 3 heterocycles. The Morgan fingerprint density at radius 1 is 1.00 bits per heavy atom. The Morgan fingerprint density at radius 2 is 1.66 bits per heavy atom. The van der Waals surface area contributed by atoms with E-state index >= 15 is 0 Å². The standard InChI is InChI=1S/C28H23ClN4O6S2/c1-37-19-12-17(13-20(38-2)25(19)39-3)22-21(23(34)16-8-10-30-11-9-16)24(35)26(36)33(22)27-31-32-28(41-27)40-14-15-4-6-18(29)7-5-15/h4-13,22,34H,14H2,1-3H3. The van der Waals surface area contributed by atoms with Gasteiger partial charge >= 0.3 is 5.91 Å². The SMILES string of the molecule is COc1cc(C2C(=C(O)c3ccncc3)C(=O)C(=O)N2c2nnc(SCc3ccc(Cl)cc3)s2)cc(OC)c1OC. The van der Waals surface area contributed by atoms with Crippen molar-refractivity contribution in [2.24, 2.45) is 0 Å². The second kappa shape index (κ2) is 12.2. The molecule has 1 aliphatic heterocycles. The number of thioether (sulfide) groups is 1. The number of hydrogen-bond acceptors (Lipinski definition) is 11. The van der Waals surface area contributed by atoms with Crippen molar-refractivity contribution in [3.05, 3.63) is 88.2 Å². The van der Waals surface area contributed by atoms with Gasteiger partial charge in [0.25, 0.3) is 5.78 Å². The number of nitrogens with zero attached hydrogens (tertiary/aromatic N) is 4. The summed E-state index contributed by atoms with van der Waals surface area (Å²) < 4.78 is 17.1. The van der Waals surface area contributed by atoms with Gasteiger partial charge in [-0.1, -0.05) is 46.8 Å². The zero-order valence-corrected chi connectivity index (χ0v) is 24.4. The molecular weight excluding hydrogens is 588 g/mol. The van der Waals surface area contributed by atoms with Crippen molar-refractivity contribution in [3.8, 4) is 17.2 Å². The van der Waals surface area contributed by atoms with Crippen LogP contribution in [0.3, 0.4) is 0 Å². The van der Waals surface area contributed by atoms with Gasteiger partial charge in [0.2, 0.25) is 10.9 Å². The van der Waals surface area contributed by atoms with Crippen molar-refractivity contribution in [3.63, 3.8) is 0 Å². The largest absolute Gasteiger partial charge is 0.507 e. The number of carbonyl (C=O) groups is 2. The summed E-state index contributed by atoms with van der Waals surface area (Å²) >= 11 is 8.58. The van der Waals surface area contributed by atoms with Crippen molar-refractivity contribution in [1.29, 1.82) is 0 Å². The summed E-state index contributed by atoms with van der Waals surface area (Å²) in [6, 6.07) is 12.7. The molecule has 5 rings (SSSR count). The number of rotatable bonds is 9. The Morgan fingerprint density at radius 3 is 2.27 bits per heavy atom. The first kappa shape index (κ1) is 28.4. The van der Waals surface area contributed by atoms with E-state index in [9.17, 15) is 14.7 Å². The van der Waals surface area contributed by atoms with Crippen LogP contribution in [0.5, 0.6) is 17.2 Å². The third-order valence-corrected chi connectivity index (χ3v) is 8.66. The number of amides is 1. The molecule has 1 unspecified atom stereocenters. The van der Waals surface area contributed by atoms with Gasteiger partial charge in [-0.05, 0) is 47.5 Å². The maximum atomic E-state index is 13.5. The van der Waals surface area contributed by atoms with E-state index in [4.69, 9.17) is 25.8 Å². The van der Waals surface area contributed by atoms with Gasteiger partial charge in [0.15, 0.2) is 15.8 Å². The summed E-state index contributed by atoms with van der Waals surface area (Å²) in [5.41, 5.74) is 1.67. The molecule has 2 aromatic carbocycles. The zero-order chi connectivity index (χ0) is 29.1. The van der Waals surface area contributed by atoms with Crippen LogP contribution in [-0.4, -0.2) is 53.3 Å². The van der Waals surface area contributed by atoms with Crippen LogP contribution in [0, 0.1) is 0 Å². The summed E-state index contributed by atoms with van der Waals surface area (Å²) in [5.74, 6) is -0.521. The van der Waals surface area contributed by atoms with Crippen molar-refractivity contribution >= 4 is 57.3 Å². The number of pyridine rings is 1. The van der Waals surface area contributed by atoms with Crippen LogP contribution >= 0.6 is 34.7 Å². The molecule has 1 saturated heterocycles. The number of aliphatic hydroxyl groups excluding tert-OH is 1. The van der Waals surface area contributed by atoms with Crippen molar-refractivity contribution in [2.75, 3.05) is 26.2 Å². The maximum absolute atomic E-state index is 13.5. The van der Waals surface area contributed by atoms with Crippen LogP contribution in [0.15, 0.2) is 70.8 Å². The highest BCUT2D eigenvalue weighted by atomic mass is 35.5. The minimum Gasteiger partial charge on any atom is -0.507 e. The number of benzene rings is 2. The van der Waals surface area contributed by atoms with Crippen LogP contribution < -0.4 is 19.1 Å². The van der Waals surface area contributed by atoms with E-state index < -0.39 is 17.7 Å². The predicted molar refractivity (Wildman–Crippen MR) is 156 cm³/mol. The van der Waals surface area contributed by atoms with Gasteiger partial charge in [0.1, 0.15) is 5.76 Å². The number of ketones is 1. The highest BCUT2D eigenvalue weighted by Gasteiger charge is 2.49. The normalized spacial score (nSPS) is 16.2. The molecule has 10 nitrogen and oxygen atoms in total. The number of aliphatic hydroxyl groups is 1. The fourth-order valence-electron chi connectivity index (χ4n) is 4.35. The molecule has 0 bridgehead atoms. The third kappa shape index (κ3) is 5.58. The first-order valence-electron chi connectivity index (χ1n) is 12.1. The van der Waals surface area contributed by atoms with Crippen LogP contribution in [0.2, 0.25) is 5.02 Å². The highest BCUT2D eigenvalue weighted by Crippen LogP contribution is 2.48. The molecule has 1 fully saturated rings. The molecule has 41 heavy (non-hydrogen) atoms. The monoisotopic (exact) mass is 610 g/mol. The van der Waals surface area contributed by atoms with Gasteiger partial charge in [-0.3, -0.25) is 19.5 Å². The van der Waals surface area contributed by atoms with Gasteiger partial charge in [0, 0.05) is 28.7 Å². The number of halogens is 1. The molecule has 13 heteroatoms. The molecule has 2 aromatic heterocycles. The Kier molecular flexibility index (Phi) is 8.43. The molecule has 0 spiro atoms. The minimum atomic E-state index is -1.07. The summed E-state index contributed by atoms with van der Waals surface area (Å²) in [6.45, 7) is 0. The number of hydrogen-bond donors (Lipinski definition) is 1. The molecule has 1 amide bonds. The van der Waals surface area contributed by atoms with Gasteiger partial charge in [-0.2, -0.15) is 0 Å². The smallest absolute Gasteiger partial charge is 0.301 e. The number of Topliss-reactive ketones (excluding diaryl/α,β-unsaturated/α-hetero) is 1. The molecular formula is C28H23ClN4O6S2. The van der Waals surface area contributed by atoms with E-state index in [-0.39, 0.29) is 16.5 Å². The Hall–Kier alpha value is -4.13. The quantitative estimate of drug-likeness (QED) is 0.0850. The summed E-state index contributed by atoms with van der Waals surface area (Å²) in [7, 11) is 4.40. The fourth-order valence-corrected chi connectivity index (χ4v) is 6.30. The fraction of sp³-hybridized carbons (Fsp3) is 0.179. The first-order chi connectivity index (χ1) is 19.9. The molecule has 1 atom stereocenters. The van der Waals surface area contributed by atoms with Gasteiger partial charge in [-0.25, -0.2) is 0 Å². The lowest BCUT2D eigenvalue weighted by Crippen LogP contribution is -2.29. The summed E-state index contributed by atoms with van der Waals surface area (Å²) in [5, 5.41) is 20.6. The highest BCUT2D eigenvalue weighted by molar-refractivity contribution is 8.00. The van der Waals surface area contributed by atoms with E-state index in [2.05, 4.69) is 15.2 Å². The maximum Gasteiger partial charge on any atom is 0.301 e. The van der Waals surface area contributed by atoms with Crippen LogP contribution in [0.25, 0.3) is 5.76 Å². The van der Waals surface area contributed by atoms with E-state index in [1.165, 1.54) is 50.4 Å². The topological polar surface area (TPSA) is 124 Å². The number of ether oxygens (including phenoxy) is 3. The van der Waals surface area contributed by atoms with Gasteiger partial charge < -0.3 is 19.3 Å². The minimum absolute atomic E-state index is 0.124. The summed E-state index contributed by atoms with van der Waals surface area (Å²) in [4.78, 5) is 32.2. The van der Waals surface area contributed by atoms with E-state index in [0.717, 1.165) is 16.9 Å². The number of methoxy groups -OCH3 is 3. The van der Waals surface area contributed by atoms with Crippen molar-refractivity contribution < 1.29 is 28.9 Å². The van der Waals surface area contributed by atoms with Gasteiger partial charge in [-0.15, -0.1) is 10.2 Å². The molecule has 210 valence electrons. The summed E-state index contributed by atoms with van der Waals surface area (Å²) in [6.07, 6.45) is 2.96. The Labute approximate surface area is 248 Å². The molecule has 0 aliphatic carbocycles. The van der Waals surface area contributed by atoms with Crippen LogP contribution in [-0.2, 0) is 15.3 Å². The molecule has 0 saturated carbocycles. The average molecular weight is 611 g/mol. The average Bonchev–Trinajstić information content (AvgIpc) is 3.57. The Balaban J connectivity index is 1.61. The third-order valence-electron chi connectivity index (χ3n) is 6.28. The van der Waals surface area contributed by atoms with Crippen LogP contribution in [0.1, 0.15) is 22.7 Å². The zero-order valence-electron chi connectivity index (χ0n) is 22.0. The lowest BCUT2D eigenvalue weighted by atomic mass is 9.95. The van der Waals surface area contributed by atoms with Gasteiger partial charge in [0.05, 0.1) is 32.9 Å². The van der Waals surface area contributed by atoms with E-state index in [0.29, 0.717) is 43.5 Å². The second-order valence-corrected chi connectivity index (χ2v) is 11.2. The number of anilines is 1. The number of aromatic nitrogens is 3. The molecule has 0 radical (unpaired) electrons. The number of carbonyl (C=O) groups excluding carboxylic acids is 2. The van der Waals surface area contributed by atoms with Crippen LogP contribution in [0.4, 0.5) is 5.13 Å².